The minimum Gasteiger partial charge on any atom is -0.340 e. The van der Waals surface area contributed by atoms with Crippen molar-refractivity contribution in [3.8, 4) is 0 Å². The molecule has 3 rings (SSSR count). The molecule has 1 amide bonds. The van der Waals surface area contributed by atoms with Gasteiger partial charge in [0, 0.05) is 13.1 Å². The Hall–Kier alpha value is -2.21. The van der Waals surface area contributed by atoms with Crippen molar-refractivity contribution in [1.82, 2.24) is 19.9 Å². The number of nitrogens with zero attached hydrogens (tertiary/aromatic N) is 4. The first-order chi connectivity index (χ1) is 11.6. The van der Waals surface area contributed by atoms with Crippen LogP contribution in [0.15, 0.2) is 34.9 Å². The van der Waals surface area contributed by atoms with Gasteiger partial charge in [-0.1, -0.05) is 35.5 Å². The van der Waals surface area contributed by atoms with E-state index in [1.54, 1.807) is 0 Å². The molecule has 0 bridgehead atoms. The third-order valence-corrected chi connectivity index (χ3v) is 4.49. The maximum absolute atomic E-state index is 13.1. The Morgan fingerprint density at radius 3 is 2.71 bits per heavy atom. The predicted octanol–water partition coefficient (Wildman–Crippen LogP) is 2.39. The minimum atomic E-state index is -0.269. The zero-order valence-electron chi connectivity index (χ0n) is 14.5. The van der Waals surface area contributed by atoms with Crippen LogP contribution in [0.4, 0.5) is 0 Å². The molecule has 2 heterocycles. The summed E-state index contributed by atoms with van der Waals surface area (Å²) in [5, 5.41) is 3.87. The van der Waals surface area contributed by atoms with E-state index in [2.05, 4.69) is 10.1 Å². The second kappa shape index (κ2) is 7.13. The third kappa shape index (κ3) is 3.48. The van der Waals surface area contributed by atoms with E-state index in [0.29, 0.717) is 18.3 Å². The van der Waals surface area contributed by atoms with Crippen molar-refractivity contribution in [1.29, 1.82) is 0 Å². The van der Waals surface area contributed by atoms with Crippen molar-refractivity contribution in [3.05, 3.63) is 47.6 Å². The number of amides is 1. The fraction of sp³-hybridized carbons (Fsp3) is 0.500. The first-order valence-corrected chi connectivity index (χ1v) is 8.36. The molecule has 1 aromatic heterocycles. The first kappa shape index (κ1) is 16.6. The van der Waals surface area contributed by atoms with Crippen LogP contribution in [-0.2, 0) is 4.79 Å². The third-order valence-electron chi connectivity index (χ3n) is 4.49. The highest BCUT2D eigenvalue weighted by atomic mass is 16.5. The summed E-state index contributed by atoms with van der Waals surface area (Å²) in [6, 6.07) is 9.65. The van der Waals surface area contributed by atoms with Gasteiger partial charge in [-0.2, -0.15) is 4.98 Å². The maximum atomic E-state index is 13.1. The van der Waals surface area contributed by atoms with Gasteiger partial charge in [0.15, 0.2) is 5.82 Å². The van der Waals surface area contributed by atoms with Gasteiger partial charge in [0.1, 0.15) is 6.04 Å². The molecular formula is C18H24N4O2. The number of rotatable bonds is 4. The maximum Gasteiger partial charge on any atom is 0.244 e. The predicted molar refractivity (Wildman–Crippen MR) is 90.5 cm³/mol. The molecule has 2 atom stereocenters. The number of hydrogen-bond acceptors (Lipinski definition) is 5. The average molecular weight is 328 g/mol. The Kier molecular flexibility index (Phi) is 4.94. The summed E-state index contributed by atoms with van der Waals surface area (Å²) < 4.78 is 5.31. The van der Waals surface area contributed by atoms with E-state index < -0.39 is 0 Å². The SMILES string of the molecule is Cc1noc([C@H]2CCCN(C(=O)[C@@H](c3ccccc3)N(C)C)C2)n1. The topological polar surface area (TPSA) is 62.5 Å². The molecule has 0 spiro atoms. The first-order valence-electron chi connectivity index (χ1n) is 8.36. The van der Waals surface area contributed by atoms with Gasteiger partial charge in [-0.15, -0.1) is 0 Å². The summed E-state index contributed by atoms with van der Waals surface area (Å²) in [5.41, 5.74) is 1.02. The van der Waals surface area contributed by atoms with E-state index >= 15 is 0 Å². The standard InChI is InChI=1S/C18H24N4O2/c1-13-19-17(24-20-13)15-10-7-11-22(12-15)18(23)16(21(2)3)14-8-5-4-6-9-14/h4-6,8-9,15-16H,7,10-12H2,1-3H3/t15-,16+/m0/s1. The van der Waals surface area contributed by atoms with Crippen LogP contribution in [0.5, 0.6) is 0 Å². The van der Waals surface area contributed by atoms with Gasteiger partial charge in [0.2, 0.25) is 11.8 Å². The quantitative estimate of drug-likeness (QED) is 0.862. The summed E-state index contributed by atoms with van der Waals surface area (Å²) in [6.45, 7) is 3.23. The number of aromatic nitrogens is 2. The number of carbonyl (C=O) groups excluding carboxylic acids is 1. The number of hydrogen-bond donors (Lipinski definition) is 0. The second-order valence-electron chi connectivity index (χ2n) is 6.58. The highest BCUT2D eigenvalue weighted by Crippen LogP contribution is 2.29. The summed E-state index contributed by atoms with van der Waals surface area (Å²) >= 11 is 0. The summed E-state index contributed by atoms with van der Waals surface area (Å²) in [5.74, 6) is 1.55. The van der Waals surface area contributed by atoms with Crippen molar-refractivity contribution in [2.24, 2.45) is 0 Å². The molecule has 0 unspecified atom stereocenters. The molecule has 6 nitrogen and oxygen atoms in total. The molecule has 1 fully saturated rings. The smallest absolute Gasteiger partial charge is 0.244 e. The molecular weight excluding hydrogens is 304 g/mol. The molecule has 0 N–H and O–H groups in total. The summed E-state index contributed by atoms with van der Waals surface area (Å²) in [6.07, 6.45) is 1.93. The van der Waals surface area contributed by atoms with Crippen molar-refractivity contribution in [2.75, 3.05) is 27.2 Å². The van der Waals surface area contributed by atoms with Gasteiger partial charge in [0.25, 0.3) is 0 Å². The van der Waals surface area contributed by atoms with Crippen LogP contribution < -0.4 is 0 Å². The van der Waals surface area contributed by atoms with Gasteiger partial charge in [-0.3, -0.25) is 9.69 Å². The molecule has 1 aliphatic rings. The van der Waals surface area contributed by atoms with Crippen molar-refractivity contribution in [3.63, 3.8) is 0 Å². The molecule has 6 heteroatoms. The Morgan fingerprint density at radius 1 is 1.33 bits per heavy atom. The molecule has 0 radical (unpaired) electrons. The van der Waals surface area contributed by atoms with E-state index in [1.165, 1.54) is 0 Å². The minimum absolute atomic E-state index is 0.127. The Bertz CT molecular complexity index is 683. The van der Waals surface area contributed by atoms with Gasteiger partial charge in [0.05, 0.1) is 5.92 Å². The van der Waals surface area contributed by atoms with Crippen LogP contribution in [0.25, 0.3) is 0 Å². The van der Waals surface area contributed by atoms with E-state index in [4.69, 9.17) is 4.52 Å². The van der Waals surface area contributed by atoms with Crippen molar-refractivity contribution >= 4 is 5.91 Å². The van der Waals surface area contributed by atoms with Crippen LogP contribution in [0.2, 0.25) is 0 Å². The lowest BCUT2D eigenvalue weighted by molar-refractivity contribution is -0.137. The van der Waals surface area contributed by atoms with Crippen LogP contribution in [0, 0.1) is 6.92 Å². The Labute approximate surface area is 142 Å². The molecule has 24 heavy (non-hydrogen) atoms. The monoisotopic (exact) mass is 328 g/mol. The highest BCUT2D eigenvalue weighted by molar-refractivity contribution is 5.83. The Morgan fingerprint density at radius 2 is 2.08 bits per heavy atom. The summed E-state index contributed by atoms with van der Waals surface area (Å²) in [7, 11) is 3.89. The van der Waals surface area contributed by atoms with E-state index in [9.17, 15) is 4.79 Å². The number of carbonyl (C=O) groups is 1. The Balaban J connectivity index is 1.77. The fourth-order valence-electron chi connectivity index (χ4n) is 3.33. The molecule has 0 saturated carbocycles. The van der Waals surface area contributed by atoms with Crippen LogP contribution in [0.1, 0.15) is 42.1 Å². The lowest BCUT2D eigenvalue weighted by Gasteiger charge is -2.35. The van der Waals surface area contributed by atoms with Crippen molar-refractivity contribution < 1.29 is 9.32 Å². The van der Waals surface area contributed by atoms with E-state index in [1.807, 2.05) is 61.2 Å². The van der Waals surface area contributed by atoms with Crippen LogP contribution in [-0.4, -0.2) is 53.0 Å². The number of benzene rings is 1. The fourth-order valence-corrected chi connectivity index (χ4v) is 3.33. The zero-order chi connectivity index (χ0) is 17.1. The largest absolute Gasteiger partial charge is 0.340 e. The molecule has 2 aromatic rings. The van der Waals surface area contributed by atoms with Gasteiger partial charge in [-0.05, 0) is 39.4 Å². The van der Waals surface area contributed by atoms with Gasteiger partial charge >= 0.3 is 0 Å². The van der Waals surface area contributed by atoms with Crippen LogP contribution in [0.3, 0.4) is 0 Å². The number of likely N-dealkylation sites (tertiary alicyclic amines) is 1. The van der Waals surface area contributed by atoms with Crippen LogP contribution >= 0.6 is 0 Å². The summed E-state index contributed by atoms with van der Waals surface area (Å²) in [4.78, 5) is 21.4. The van der Waals surface area contributed by atoms with E-state index in [-0.39, 0.29) is 17.9 Å². The molecule has 1 saturated heterocycles. The molecule has 0 aliphatic carbocycles. The van der Waals surface area contributed by atoms with Gasteiger partial charge in [-0.25, -0.2) is 0 Å². The lowest BCUT2D eigenvalue weighted by Crippen LogP contribution is -2.45. The second-order valence-corrected chi connectivity index (χ2v) is 6.58. The number of aryl methyl sites for hydroxylation is 1. The average Bonchev–Trinajstić information content (AvgIpc) is 3.02. The molecule has 128 valence electrons. The normalized spacial score (nSPS) is 19.5. The molecule has 1 aromatic carbocycles. The lowest BCUT2D eigenvalue weighted by atomic mass is 9.96. The van der Waals surface area contributed by atoms with Crippen molar-refractivity contribution in [2.45, 2.75) is 31.7 Å². The number of likely N-dealkylation sites (N-methyl/N-ethyl adjacent to an activating group) is 1. The zero-order valence-corrected chi connectivity index (χ0v) is 14.5. The van der Waals surface area contributed by atoms with E-state index in [0.717, 1.165) is 24.9 Å². The van der Waals surface area contributed by atoms with Gasteiger partial charge < -0.3 is 9.42 Å². The highest BCUT2D eigenvalue weighted by Gasteiger charge is 2.33. The number of piperidine rings is 1. The molecule has 1 aliphatic heterocycles.